The summed E-state index contributed by atoms with van der Waals surface area (Å²) in [5.41, 5.74) is 7.08. The number of hydrogen-bond acceptors (Lipinski definition) is 1. The molecule has 20 heavy (non-hydrogen) atoms. The summed E-state index contributed by atoms with van der Waals surface area (Å²) in [7, 11) is 0. The number of halogens is 2. The van der Waals surface area contributed by atoms with Crippen molar-refractivity contribution in [3.63, 3.8) is 0 Å². The van der Waals surface area contributed by atoms with E-state index in [0.717, 1.165) is 16.0 Å². The van der Waals surface area contributed by atoms with Crippen molar-refractivity contribution in [2.45, 2.75) is 57.9 Å². The van der Waals surface area contributed by atoms with Gasteiger partial charge in [0.15, 0.2) is 0 Å². The van der Waals surface area contributed by atoms with Gasteiger partial charge in [0.05, 0.1) is 0 Å². The largest absolute Gasteiger partial charge is 0.327 e. The Kier molecular flexibility index (Phi) is 6.03. The first-order chi connectivity index (χ1) is 9.60. The summed E-state index contributed by atoms with van der Waals surface area (Å²) in [6.07, 6.45) is 8.31. The zero-order valence-electron chi connectivity index (χ0n) is 12.2. The van der Waals surface area contributed by atoms with Crippen molar-refractivity contribution in [1.29, 1.82) is 0 Å². The van der Waals surface area contributed by atoms with Gasteiger partial charge in [-0.2, -0.15) is 0 Å². The monoisotopic (exact) mass is 341 g/mol. The highest BCUT2D eigenvalue weighted by Crippen LogP contribution is 2.33. The van der Waals surface area contributed by atoms with Gasteiger partial charge >= 0.3 is 0 Å². The van der Waals surface area contributed by atoms with Crippen LogP contribution in [0.25, 0.3) is 0 Å². The maximum atomic E-state index is 13.9. The van der Waals surface area contributed by atoms with Gasteiger partial charge in [0.2, 0.25) is 0 Å². The third-order valence-corrected chi connectivity index (χ3v) is 5.16. The van der Waals surface area contributed by atoms with Crippen LogP contribution in [0.4, 0.5) is 4.39 Å². The fraction of sp³-hybridized carbons (Fsp3) is 0.647. The second-order valence-corrected chi connectivity index (χ2v) is 7.09. The third-order valence-electron chi connectivity index (χ3n) is 4.66. The summed E-state index contributed by atoms with van der Waals surface area (Å²) in [6, 6.07) is 5.36. The van der Waals surface area contributed by atoms with Crippen molar-refractivity contribution in [2.75, 3.05) is 0 Å². The second kappa shape index (κ2) is 7.56. The SMILES string of the molecule is CCCC1CCC(C(N)Cc2ccc(Br)cc2F)CC1. The van der Waals surface area contributed by atoms with Gasteiger partial charge in [-0.3, -0.25) is 0 Å². The van der Waals surface area contributed by atoms with Gasteiger partial charge in [0, 0.05) is 10.5 Å². The molecular weight excluding hydrogens is 317 g/mol. The fourth-order valence-electron chi connectivity index (χ4n) is 3.42. The normalized spacial score (nSPS) is 24.6. The Balaban J connectivity index is 1.87. The first kappa shape index (κ1) is 16.0. The van der Waals surface area contributed by atoms with Crippen LogP contribution >= 0.6 is 15.9 Å². The van der Waals surface area contributed by atoms with E-state index in [0.29, 0.717) is 12.3 Å². The number of hydrogen-bond donors (Lipinski definition) is 1. The van der Waals surface area contributed by atoms with E-state index in [1.165, 1.54) is 44.6 Å². The van der Waals surface area contributed by atoms with Crippen LogP contribution in [-0.4, -0.2) is 6.04 Å². The molecule has 2 rings (SSSR count). The molecule has 0 heterocycles. The van der Waals surface area contributed by atoms with E-state index in [4.69, 9.17) is 5.73 Å². The molecule has 0 radical (unpaired) electrons. The summed E-state index contributed by atoms with van der Waals surface area (Å²) in [4.78, 5) is 0. The van der Waals surface area contributed by atoms with Crippen LogP contribution in [-0.2, 0) is 6.42 Å². The molecule has 0 aromatic heterocycles. The third kappa shape index (κ3) is 4.29. The molecule has 1 saturated carbocycles. The van der Waals surface area contributed by atoms with Crippen molar-refractivity contribution in [3.8, 4) is 0 Å². The molecule has 2 N–H and O–H groups in total. The Morgan fingerprint density at radius 1 is 1.30 bits per heavy atom. The van der Waals surface area contributed by atoms with Crippen LogP contribution in [0.1, 0.15) is 51.0 Å². The van der Waals surface area contributed by atoms with Crippen LogP contribution in [0.2, 0.25) is 0 Å². The zero-order chi connectivity index (χ0) is 14.5. The van der Waals surface area contributed by atoms with E-state index in [1.54, 1.807) is 0 Å². The standard InChI is InChI=1S/C17H25BrFN/c1-2-3-12-4-6-13(7-5-12)17(20)10-14-8-9-15(18)11-16(14)19/h8-9,11-13,17H,2-7,10,20H2,1H3. The number of benzene rings is 1. The maximum Gasteiger partial charge on any atom is 0.127 e. The highest BCUT2D eigenvalue weighted by molar-refractivity contribution is 9.10. The minimum Gasteiger partial charge on any atom is -0.327 e. The topological polar surface area (TPSA) is 26.0 Å². The molecule has 3 heteroatoms. The minimum absolute atomic E-state index is 0.0910. The quantitative estimate of drug-likeness (QED) is 0.795. The Morgan fingerprint density at radius 2 is 2.00 bits per heavy atom. The van der Waals surface area contributed by atoms with E-state index >= 15 is 0 Å². The van der Waals surface area contributed by atoms with Gasteiger partial charge in [-0.15, -0.1) is 0 Å². The van der Waals surface area contributed by atoms with Gasteiger partial charge in [-0.05, 0) is 48.8 Å². The molecule has 0 aliphatic heterocycles. The average molecular weight is 342 g/mol. The molecule has 0 bridgehead atoms. The zero-order valence-corrected chi connectivity index (χ0v) is 13.8. The Hall–Kier alpha value is -0.410. The van der Waals surface area contributed by atoms with Crippen LogP contribution in [0.15, 0.2) is 22.7 Å². The number of rotatable bonds is 5. The Bertz CT molecular complexity index is 427. The van der Waals surface area contributed by atoms with E-state index in [1.807, 2.05) is 12.1 Å². The molecule has 1 fully saturated rings. The average Bonchev–Trinajstić information content (AvgIpc) is 2.43. The molecule has 1 aliphatic carbocycles. The lowest BCUT2D eigenvalue weighted by atomic mass is 9.76. The van der Waals surface area contributed by atoms with Gasteiger partial charge < -0.3 is 5.73 Å². The van der Waals surface area contributed by atoms with Crippen LogP contribution in [0.5, 0.6) is 0 Å². The molecule has 1 nitrogen and oxygen atoms in total. The van der Waals surface area contributed by atoms with Crippen molar-refractivity contribution in [3.05, 3.63) is 34.1 Å². The molecule has 1 aromatic rings. The fourth-order valence-corrected chi connectivity index (χ4v) is 3.75. The summed E-state index contributed by atoms with van der Waals surface area (Å²) >= 11 is 3.29. The lowest BCUT2D eigenvalue weighted by molar-refractivity contribution is 0.232. The minimum atomic E-state index is -0.144. The van der Waals surface area contributed by atoms with E-state index in [-0.39, 0.29) is 11.9 Å². The number of nitrogens with two attached hydrogens (primary N) is 1. The second-order valence-electron chi connectivity index (χ2n) is 6.17. The van der Waals surface area contributed by atoms with Crippen molar-refractivity contribution in [1.82, 2.24) is 0 Å². The molecule has 1 unspecified atom stereocenters. The van der Waals surface area contributed by atoms with Crippen molar-refractivity contribution in [2.24, 2.45) is 17.6 Å². The van der Waals surface area contributed by atoms with Crippen LogP contribution < -0.4 is 5.73 Å². The summed E-state index contributed by atoms with van der Waals surface area (Å²) in [6.45, 7) is 2.26. The molecule has 112 valence electrons. The predicted molar refractivity (Wildman–Crippen MR) is 86.1 cm³/mol. The maximum absolute atomic E-state index is 13.9. The van der Waals surface area contributed by atoms with Crippen molar-refractivity contribution >= 4 is 15.9 Å². The highest BCUT2D eigenvalue weighted by Gasteiger charge is 2.25. The summed E-state index contributed by atoms with van der Waals surface area (Å²) in [5, 5.41) is 0. The molecule has 0 spiro atoms. The van der Waals surface area contributed by atoms with Gasteiger partial charge in [0.25, 0.3) is 0 Å². The lowest BCUT2D eigenvalue weighted by Gasteiger charge is -2.32. The molecule has 1 aromatic carbocycles. The molecule has 1 atom stereocenters. The Labute approximate surface area is 130 Å². The van der Waals surface area contributed by atoms with Crippen LogP contribution in [0.3, 0.4) is 0 Å². The molecular formula is C17H25BrFN. The summed E-state index contributed by atoms with van der Waals surface area (Å²) in [5.74, 6) is 1.31. The van der Waals surface area contributed by atoms with Crippen LogP contribution in [0, 0.1) is 17.7 Å². The molecule has 0 saturated heterocycles. The van der Waals surface area contributed by atoms with E-state index < -0.39 is 0 Å². The van der Waals surface area contributed by atoms with Crippen molar-refractivity contribution < 1.29 is 4.39 Å². The first-order valence-electron chi connectivity index (χ1n) is 7.79. The molecule has 0 amide bonds. The van der Waals surface area contributed by atoms with E-state index in [2.05, 4.69) is 22.9 Å². The highest BCUT2D eigenvalue weighted by atomic mass is 79.9. The summed E-state index contributed by atoms with van der Waals surface area (Å²) < 4.78 is 14.6. The van der Waals surface area contributed by atoms with Gasteiger partial charge in [0.1, 0.15) is 5.82 Å². The van der Waals surface area contributed by atoms with E-state index in [9.17, 15) is 4.39 Å². The molecule has 1 aliphatic rings. The predicted octanol–water partition coefficient (Wildman–Crippen LogP) is 5.06. The smallest absolute Gasteiger partial charge is 0.127 e. The van der Waals surface area contributed by atoms with Gasteiger partial charge in [-0.1, -0.05) is 54.6 Å². The Morgan fingerprint density at radius 3 is 2.60 bits per heavy atom. The first-order valence-corrected chi connectivity index (χ1v) is 8.59. The lowest BCUT2D eigenvalue weighted by Crippen LogP contribution is -2.35. The van der Waals surface area contributed by atoms with Gasteiger partial charge in [-0.25, -0.2) is 4.39 Å².